The summed E-state index contributed by atoms with van der Waals surface area (Å²) in [5.74, 6) is -1.54. The van der Waals surface area contributed by atoms with Gasteiger partial charge in [-0.15, -0.1) is 0 Å². The van der Waals surface area contributed by atoms with Crippen LogP contribution in [0.5, 0.6) is 0 Å². The minimum absolute atomic E-state index is 0.0509. The number of Topliss-reactive ketones (excluding diaryl/α,β-unsaturated/α-hetero) is 2. The number of carbonyl (C=O) groups excluding carboxylic acids is 3. The van der Waals surface area contributed by atoms with Crippen molar-refractivity contribution in [3.05, 3.63) is 59.8 Å². The summed E-state index contributed by atoms with van der Waals surface area (Å²) >= 11 is 0. The predicted molar refractivity (Wildman–Crippen MR) is 148 cm³/mol. The van der Waals surface area contributed by atoms with Crippen molar-refractivity contribution in [1.29, 1.82) is 0 Å². The summed E-state index contributed by atoms with van der Waals surface area (Å²) in [4.78, 5) is 44.7. The second-order valence-corrected chi connectivity index (χ2v) is 12.4. The van der Waals surface area contributed by atoms with E-state index in [0.717, 1.165) is 16.5 Å². The second kappa shape index (κ2) is 9.27. The molecule has 206 valence electrons. The summed E-state index contributed by atoms with van der Waals surface area (Å²) in [6.07, 6.45) is 7.62. The summed E-state index contributed by atoms with van der Waals surface area (Å²) < 4.78 is 6.35. The molecule has 3 fully saturated rings. The maximum absolute atomic E-state index is 14.3. The van der Waals surface area contributed by atoms with Gasteiger partial charge in [0.2, 0.25) is 5.91 Å². The highest BCUT2D eigenvalue weighted by Gasteiger charge is 2.78. The fourth-order valence-electron chi connectivity index (χ4n) is 7.94. The number of carbonyl (C=O) groups is 3. The van der Waals surface area contributed by atoms with Gasteiger partial charge in [-0.1, -0.05) is 50.3 Å². The van der Waals surface area contributed by atoms with Crippen LogP contribution in [0.15, 0.2) is 54.3 Å². The molecule has 2 saturated heterocycles. The van der Waals surface area contributed by atoms with Crippen LogP contribution in [-0.2, 0) is 25.5 Å². The average Bonchev–Trinajstić information content (AvgIpc) is 3.31. The number of fused-ring (bicyclic) bond motifs is 3. The number of hydrogen-bond acceptors (Lipinski definition) is 5. The second-order valence-electron chi connectivity index (χ2n) is 12.4. The number of hydrogen-bond donors (Lipinski definition) is 3. The lowest BCUT2D eigenvalue weighted by atomic mass is 9.51. The van der Waals surface area contributed by atoms with E-state index in [-0.39, 0.29) is 60.2 Å². The van der Waals surface area contributed by atoms with Gasteiger partial charge >= 0.3 is 0 Å². The molecule has 2 aromatic rings. The summed E-state index contributed by atoms with van der Waals surface area (Å²) in [6, 6.07) is 7.84. The minimum atomic E-state index is -1.32. The molecule has 3 N–H and O–H groups in total. The molecule has 39 heavy (non-hydrogen) atoms. The molecule has 1 amide bonds. The topological polar surface area (TPSA) is 112 Å². The van der Waals surface area contributed by atoms with Gasteiger partial charge in [0, 0.05) is 47.8 Å². The molecule has 1 aromatic heterocycles. The molecule has 4 aliphatic rings. The van der Waals surface area contributed by atoms with Crippen molar-refractivity contribution >= 4 is 28.4 Å². The first-order chi connectivity index (χ1) is 18.6. The first-order valence-electron chi connectivity index (χ1n) is 14.2. The Hall–Kier alpha value is -3.03. The number of rotatable bonds is 2. The molecule has 1 saturated carbocycles. The number of para-hydroxylation sites is 1. The number of epoxide rings is 1. The maximum atomic E-state index is 14.3. The third kappa shape index (κ3) is 3.88. The number of amides is 1. The molecule has 1 unspecified atom stereocenters. The fourth-order valence-corrected chi connectivity index (χ4v) is 7.94. The summed E-state index contributed by atoms with van der Waals surface area (Å²) in [5.41, 5.74) is 0.997. The Morgan fingerprint density at radius 2 is 1.90 bits per heavy atom. The van der Waals surface area contributed by atoms with Gasteiger partial charge in [0.1, 0.15) is 17.3 Å². The van der Waals surface area contributed by atoms with E-state index in [1.165, 1.54) is 0 Å². The van der Waals surface area contributed by atoms with Crippen LogP contribution in [0.1, 0.15) is 52.5 Å². The highest BCUT2D eigenvalue weighted by atomic mass is 16.6. The van der Waals surface area contributed by atoms with Crippen LogP contribution >= 0.6 is 0 Å². The molecule has 3 heterocycles. The Balaban J connectivity index is 1.43. The van der Waals surface area contributed by atoms with Gasteiger partial charge in [-0.2, -0.15) is 0 Å². The number of ether oxygens (including phenoxy) is 1. The highest BCUT2D eigenvalue weighted by Crippen LogP contribution is 2.66. The van der Waals surface area contributed by atoms with Gasteiger partial charge in [-0.05, 0) is 55.7 Å². The van der Waals surface area contributed by atoms with Gasteiger partial charge in [0.15, 0.2) is 5.78 Å². The van der Waals surface area contributed by atoms with Crippen LogP contribution in [-0.4, -0.2) is 51.4 Å². The van der Waals surface area contributed by atoms with Crippen LogP contribution in [0.2, 0.25) is 0 Å². The van der Waals surface area contributed by atoms with Gasteiger partial charge in [0.25, 0.3) is 0 Å². The largest absolute Gasteiger partial charge is 0.381 e. The van der Waals surface area contributed by atoms with Crippen LogP contribution in [0.4, 0.5) is 0 Å². The number of aromatic amines is 1. The monoisotopic (exact) mass is 530 g/mol. The van der Waals surface area contributed by atoms with E-state index in [2.05, 4.69) is 36.3 Å². The van der Waals surface area contributed by atoms with E-state index in [9.17, 15) is 19.5 Å². The lowest BCUT2D eigenvalue weighted by Crippen LogP contribution is -2.58. The number of benzene rings is 1. The van der Waals surface area contributed by atoms with Crippen molar-refractivity contribution in [1.82, 2.24) is 10.3 Å². The van der Waals surface area contributed by atoms with Crippen molar-refractivity contribution in [3.8, 4) is 0 Å². The molecule has 7 heteroatoms. The zero-order chi connectivity index (χ0) is 27.7. The highest BCUT2D eigenvalue weighted by molar-refractivity contribution is 6.10. The molecule has 1 aromatic carbocycles. The molecular formula is C32H38N2O5. The quantitative estimate of drug-likeness (QED) is 0.308. The van der Waals surface area contributed by atoms with Gasteiger partial charge in [-0.25, -0.2) is 0 Å². The predicted octanol–water partition coefficient (Wildman–Crippen LogP) is 4.06. The normalized spacial score (nSPS) is 40.5. The van der Waals surface area contributed by atoms with E-state index in [1.54, 1.807) is 6.92 Å². The van der Waals surface area contributed by atoms with Crippen molar-refractivity contribution in [3.63, 3.8) is 0 Å². The number of aliphatic hydroxyl groups excluding tert-OH is 1. The lowest BCUT2D eigenvalue weighted by molar-refractivity contribution is -0.149. The molecule has 9 atom stereocenters. The molecule has 7 nitrogen and oxygen atoms in total. The molecule has 6 rings (SSSR count). The molecular weight excluding hydrogens is 492 g/mol. The lowest BCUT2D eigenvalue weighted by Gasteiger charge is -2.46. The van der Waals surface area contributed by atoms with Crippen LogP contribution in [0, 0.1) is 29.1 Å². The Kier molecular flexibility index (Phi) is 6.23. The first-order valence-corrected chi connectivity index (χ1v) is 14.2. The van der Waals surface area contributed by atoms with Gasteiger partial charge in [-0.3, -0.25) is 14.4 Å². The Labute approximate surface area is 229 Å². The third-order valence-corrected chi connectivity index (χ3v) is 10.1. The number of allylic oxidation sites excluding steroid dienone is 2. The van der Waals surface area contributed by atoms with E-state index < -0.39 is 23.0 Å². The summed E-state index contributed by atoms with van der Waals surface area (Å²) in [6.45, 7) is 8.00. The van der Waals surface area contributed by atoms with Crippen molar-refractivity contribution in [2.45, 2.75) is 77.2 Å². The van der Waals surface area contributed by atoms with Crippen LogP contribution < -0.4 is 5.32 Å². The van der Waals surface area contributed by atoms with E-state index in [4.69, 9.17) is 4.74 Å². The number of nitrogens with one attached hydrogen (secondary N) is 2. The molecule has 1 spiro atoms. The average molecular weight is 531 g/mol. The van der Waals surface area contributed by atoms with Crippen LogP contribution in [0.25, 0.3) is 10.9 Å². The Morgan fingerprint density at radius 1 is 1.13 bits per heavy atom. The third-order valence-electron chi connectivity index (χ3n) is 10.1. The summed E-state index contributed by atoms with van der Waals surface area (Å²) in [5, 5.41) is 15.0. The number of aromatic nitrogens is 1. The Morgan fingerprint density at radius 3 is 2.69 bits per heavy atom. The van der Waals surface area contributed by atoms with Gasteiger partial charge in [0.05, 0.1) is 11.7 Å². The number of aliphatic hydroxyl groups is 1. The Bertz CT molecular complexity index is 1410. The smallest absolute Gasteiger partial charge is 0.235 e. The van der Waals surface area contributed by atoms with E-state index in [1.807, 2.05) is 43.5 Å². The number of ketones is 2. The molecule has 0 radical (unpaired) electrons. The van der Waals surface area contributed by atoms with Crippen molar-refractivity contribution < 1.29 is 24.2 Å². The fraction of sp³-hybridized carbons (Fsp3) is 0.531. The SMILES string of the molecule is CC1=C[C@@H](C)CC=C[C@H]2[C@@H]3O[C@]3(C)[C@@H](C)[C@H]3C(Cc4c[nH]c5ccccc45)NC(=O)[C@@]32C(=O)CCC(=O)[C@H]1O. The zero-order valence-electron chi connectivity index (χ0n) is 23.1. The van der Waals surface area contributed by atoms with Crippen molar-refractivity contribution in [2.75, 3.05) is 0 Å². The van der Waals surface area contributed by atoms with Gasteiger partial charge < -0.3 is 20.1 Å². The molecule has 2 aliphatic heterocycles. The van der Waals surface area contributed by atoms with Crippen LogP contribution in [0.3, 0.4) is 0 Å². The molecule has 2 aliphatic carbocycles. The van der Waals surface area contributed by atoms with Crippen molar-refractivity contribution in [2.24, 2.45) is 29.1 Å². The standard InChI is InChI=1S/C32H38N2O5/c1-17-8-7-10-22-29-31(4,39-29)19(3)27-24(15-20-16-33-23-11-6-5-9-21(20)23)34-30(38)32(22,27)26(36)13-12-25(35)28(37)18(2)14-17/h5-7,9-11,14,16-17,19,22,24,27-29,33,37H,8,12-13,15H2,1-4H3,(H,34,38)/t17-,19-,22-,24?,27-,28-,29-,31+,32-/m0/s1. The van der Waals surface area contributed by atoms with E-state index in [0.29, 0.717) is 18.4 Å². The minimum Gasteiger partial charge on any atom is -0.381 e. The maximum Gasteiger partial charge on any atom is 0.235 e. The number of H-pyrrole nitrogens is 1. The summed E-state index contributed by atoms with van der Waals surface area (Å²) in [7, 11) is 0. The van der Waals surface area contributed by atoms with E-state index >= 15 is 0 Å². The zero-order valence-corrected chi connectivity index (χ0v) is 23.1. The molecule has 0 bridgehead atoms. The first kappa shape index (κ1) is 26.2.